The Bertz CT molecular complexity index is 897. The van der Waals surface area contributed by atoms with E-state index in [1.807, 2.05) is 12.1 Å². The number of esters is 1. The third-order valence-corrected chi connectivity index (χ3v) is 7.97. The largest absolute Gasteiger partial charge is 0.455 e. The molecule has 1 aromatic carbocycles. The molecule has 0 heterocycles. The summed E-state index contributed by atoms with van der Waals surface area (Å²) >= 11 is 0. The van der Waals surface area contributed by atoms with Crippen LogP contribution < -0.4 is 10.6 Å². The van der Waals surface area contributed by atoms with Crippen molar-refractivity contribution in [3.63, 3.8) is 0 Å². The minimum Gasteiger partial charge on any atom is -0.455 e. The van der Waals surface area contributed by atoms with Gasteiger partial charge in [0.1, 0.15) is 0 Å². The lowest BCUT2D eigenvalue weighted by Crippen LogP contribution is -2.64. The van der Waals surface area contributed by atoms with E-state index < -0.39 is 5.41 Å². The number of aryl methyl sites for hydroxylation is 1. The van der Waals surface area contributed by atoms with Crippen LogP contribution in [0.1, 0.15) is 75.5 Å². The first-order chi connectivity index (χ1) is 14.9. The number of rotatable bonds is 5. The van der Waals surface area contributed by atoms with Gasteiger partial charge in [-0.25, -0.2) is 0 Å². The summed E-state index contributed by atoms with van der Waals surface area (Å²) in [5, 5.41) is 6.23. The van der Waals surface area contributed by atoms with Crippen molar-refractivity contribution < 1.29 is 19.1 Å². The highest BCUT2D eigenvalue weighted by Crippen LogP contribution is 2.62. The molecule has 4 saturated carbocycles. The van der Waals surface area contributed by atoms with Gasteiger partial charge in [0, 0.05) is 12.5 Å². The Labute approximate surface area is 183 Å². The van der Waals surface area contributed by atoms with E-state index in [2.05, 4.69) is 22.8 Å². The second-order valence-electron chi connectivity index (χ2n) is 10.5. The summed E-state index contributed by atoms with van der Waals surface area (Å²) in [7, 11) is 0. The molecule has 6 rings (SSSR count). The smallest absolute Gasteiger partial charge is 0.312 e. The van der Waals surface area contributed by atoms with Crippen LogP contribution >= 0.6 is 0 Å². The summed E-state index contributed by atoms with van der Waals surface area (Å²) < 4.78 is 5.60. The minimum atomic E-state index is -0.551. The Kier molecular flexibility index (Phi) is 5.06. The van der Waals surface area contributed by atoms with Crippen LogP contribution in [0.4, 0.5) is 0 Å². The summed E-state index contributed by atoms with van der Waals surface area (Å²) in [4.78, 5) is 37.6. The maximum atomic E-state index is 13.2. The van der Waals surface area contributed by atoms with Crippen LogP contribution in [0.2, 0.25) is 0 Å². The minimum absolute atomic E-state index is 0.0151. The number of benzene rings is 1. The fourth-order valence-corrected chi connectivity index (χ4v) is 7.45. The quantitative estimate of drug-likeness (QED) is 0.711. The Hall–Kier alpha value is -2.37. The highest BCUT2D eigenvalue weighted by Gasteiger charge is 2.61. The molecule has 5 aliphatic carbocycles. The van der Waals surface area contributed by atoms with Crippen molar-refractivity contribution in [2.45, 2.75) is 76.3 Å². The van der Waals surface area contributed by atoms with Gasteiger partial charge in [-0.3, -0.25) is 14.4 Å². The highest BCUT2D eigenvalue weighted by molar-refractivity contribution is 5.84. The second kappa shape index (κ2) is 7.64. The molecule has 166 valence electrons. The van der Waals surface area contributed by atoms with Crippen molar-refractivity contribution in [1.29, 1.82) is 0 Å². The van der Waals surface area contributed by atoms with Gasteiger partial charge < -0.3 is 15.4 Å². The normalized spacial score (nSPS) is 35.2. The summed E-state index contributed by atoms with van der Waals surface area (Å²) in [5.41, 5.74) is 1.63. The van der Waals surface area contributed by atoms with E-state index in [9.17, 15) is 14.4 Å². The molecule has 0 spiro atoms. The first-order valence-electron chi connectivity index (χ1n) is 11.7. The summed E-state index contributed by atoms with van der Waals surface area (Å²) in [6.45, 7) is 1.32. The van der Waals surface area contributed by atoms with Crippen molar-refractivity contribution in [3.05, 3.63) is 35.4 Å². The molecule has 6 heteroatoms. The number of carbonyl (C=O) groups excluding carboxylic acids is 3. The third kappa shape index (κ3) is 3.85. The Morgan fingerprint density at radius 2 is 1.84 bits per heavy atom. The van der Waals surface area contributed by atoms with Crippen molar-refractivity contribution in [2.24, 2.45) is 17.3 Å². The molecule has 3 atom stereocenters. The average molecular weight is 425 g/mol. The number of amides is 2. The van der Waals surface area contributed by atoms with Gasteiger partial charge in [-0.15, -0.1) is 0 Å². The number of hydrogen-bond acceptors (Lipinski definition) is 4. The van der Waals surface area contributed by atoms with Gasteiger partial charge in [0.15, 0.2) is 6.61 Å². The van der Waals surface area contributed by atoms with Crippen molar-refractivity contribution in [3.8, 4) is 0 Å². The van der Waals surface area contributed by atoms with Crippen LogP contribution in [0, 0.1) is 17.3 Å². The first kappa shape index (κ1) is 20.5. The van der Waals surface area contributed by atoms with Crippen LogP contribution in [0.5, 0.6) is 0 Å². The second-order valence-corrected chi connectivity index (χ2v) is 10.5. The molecule has 0 radical (unpaired) electrons. The molecular formula is C25H32N2O4. The summed E-state index contributed by atoms with van der Waals surface area (Å²) in [6.07, 6.45) is 8.32. The van der Waals surface area contributed by atoms with E-state index in [-0.39, 0.29) is 36.0 Å². The number of ether oxygens (including phenoxy) is 1. The molecule has 2 amide bonds. The molecule has 4 fully saturated rings. The number of fused-ring (bicyclic) bond motifs is 1. The predicted molar refractivity (Wildman–Crippen MR) is 115 cm³/mol. The van der Waals surface area contributed by atoms with Crippen LogP contribution in [-0.2, 0) is 25.5 Å². The summed E-state index contributed by atoms with van der Waals surface area (Å²) in [5.74, 6) is 0.380. The third-order valence-electron chi connectivity index (χ3n) is 7.97. The molecule has 6 nitrogen and oxygen atoms in total. The average Bonchev–Trinajstić information content (AvgIpc) is 2.70. The zero-order chi connectivity index (χ0) is 21.6. The molecule has 3 unspecified atom stereocenters. The molecule has 1 aromatic rings. The zero-order valence-electron chi connectivity index (χ0n) is 18.2. The van der Waals surface area contributed by atoms with E-state index in [1.165, 1.54) is 11.1 Å². The monoisotopic (exact) mass is 424 g/mol. The molecule has 0 saturated heterocycles. The van der Waals surface area contributed by atoms with E-state index >= 15 is 0 Å². The molecule has 0 aromatic heterocycles. The fourth-order valence-electron chi connectivity index (χ4n) is 7.45. The number of nitrogens with one attached hydrogen (secondary N) is 2. The Morgan fingerprint density at radius 1 is 1.10 bits per heavy atom. The topological polar surface area (TPSA) is 84.5 Å². The maximum Gasteiger partial charge on any atom is 0.312 e. The van der Waals surface area contributed by atoms with Crippen molar-refractivity contribution in [1.82, 2.24) is 10.6 Å². The van der Waals surface area contributed by atoms with Gasteiger partial charge in [0.05, 0.1) is 11.5 Å². The lowest BCUT2D eigenvalue weighted by atomic mass is 9.47. The lowest BCUT2D eigenvalue weighted by Gasteiger charge is -2.60. The first-order valence-corrected chi connectivity index (χ1v) is 11.7. The van der Waals surface area contributed by atoms with E-state index in [1.54, 1.807) is 6.92 Å². The van der Waals surface area contributed by atoms with Crippen molar-refractivity contribution >= 4 is 17.8 Å². The van der Waals surface area contributed by atoms with E-state index in [4.69, 9.17) is 4.74 Å². The molecular weight excluding hydrogens is 392 g/mol. The van der Waals surface area contributed by atoms with Gasteiger partial charge in [-0.05, 0) is 80.8 Å². The fraction of sp³-hybridized carbons (Fsp3) is 0.640. The Balaban J connectivity index is 1.22. The van der Waals surface area contributed by atoms with Crippen LogP contribution in [0.15, 0.2) is 24.3 Å². The van der Waals surface area contributed by atoms with Crippen molar-refractivity contribution in [2.75, 3.05) is 6.61 Å². The molecule has 4 bridgehead atoms. The van der Waals surface area contributed by atoms with Crippen LogP contribution in [0.3, 0.4) is 0 Å². The zero-order valence-corrected chi connectivity index (χ0v) is 18.2. The van der Waals surface area contributed by atoms with E-state index in [0.29, 0.717) is 18.3 Å². The Morgan fingerprint density at radius 3 is 2.58 bits per heavy atom. The number of hydrogen-bond donors (Lipinski definition) is 2. The molecule has 2 N–H and O–H groups in total. The van der Waals surface area contributed by atoms with Crippen LogP contribution in [0.25, 0.3) is 0 Å². The van der Waals surface area contributed by atoms with Crippen LogP contribution in [-0.4, -0.2) is 29.9 Å². The summed E-state index contributed by atoms with van der Waals surface area (Å²) in [6, 6.07) is 8.21. The van der Waals surface area contributed by atoms with E-state index in [0.717, 1.165) is 51.4 Å². The predicted octanol–water partition coefficient (Wildman–Crippen LogP) is 3.20. The van der Waals surface area contributed by atoms with Gasteiger partial charge in [0.25, 0.3) is 5.91 Å². The van der Waals surface area contributed by atoms with Gasteiger partial charge >= 0.3 is 5.97 Å². The van der Waals surface area contributed by atoms with Gasteiger partial charge in [-0.1, -0.05) is 24.3 Å². The number of carbonyl (C=O) groups is 3. The molecule has 0 aliphatic heterocycles. The lowest BCUT2D eigenvalue weighted by molar-refractivity contribution is -0.177. The maximum absolute atomic E-state index is 13.2. The standard InChI is InChI=1S/C25H32N2O4/c1-16(28)27-25-12-17-9-18(13-25)11-24(10-17,15-25)23(30)31-14-22(29)26-21-8-4-6-19-5-2-3-7-20(19)21/h2-3,5,7,17-18,21H,4,6,8-15H2,1H3,(H,26,29)(H,27,28). The molecule has 31 heavy (non-hydrogen) atoms. The molecule has 5 aliphatic rings. The SMILES string of the molecule is CC(=O)NC12CC3CC(C1)CC(C(=O)OCC(=O)NC1CCCc4ccccc41)(C3)C2. The highest BCUT2D eigenvalue weighted by atomic mass is 16.5. The van der Waals surface area contributed by atoms with Gasteiger partial charge in [-0.2, -0.15) is 0 Å². The van der Waals surface area contributed by atoms with Gasteiger partial charge in [0.2, 0.25) is 5.91 Å².